The largest absolute Gasteiger partial charge is 0.497 e. The molecule has 0 saturated carbocycles. The maximum absolute atomic E-state index is 13.3. The van der Waals surface area contributed by atoms with E-state index in [4.69, 9.17) is 4.74 Å². The zero-order valence-electron chi connectivity index (χ0n) is 18.0. The van der Waals surface area contributed by atoms with Crippen molar-refractivity contribution in [2.45, 2.75) is 37.0 Å². The van der Waals surface area contributed by atoms with Gasteiger partial charge >= 0.3 is 0 Å². The lowest BCUT2D eigenvalue weighted by atomic mass is 9.99. The minimum atomic E-state index is -3.75. The summed E-state index contributed by atoms with van der Waals surface area (Å²) in [5.41, 5.74) is 2.13. The predicted octanol–water partition coefficient (Wildman–Crippen LogP) is 3.01. The van der Waals surface area contributed by atoms with Crippen LogP contribution >= 0.6 is 0 Å². The maximum atomic E-state index is 13.3. The molecular weight excluding hydrogens is 430 g/mol. The normalized spacial score (nSPS) is 19.4. The summed E-state index contributed by atoms with van der Waals surface area (Å²) in [6.07, 6.45) is 2.99. The number of ether oxygens (including phenoxy) is 1. The van der Waals surface area contributed by atoms with Gasteiger partial charge < -0.3 is 15.4 Å². The molecule has 2 aliphatic rings. The Bertz CT molecular complexity index is 1110. The van der Waals surface area contributed by atoms with Crippen molar-refractivity contribution in [3.05, 3.63) is 48.0 Å². The van der Waals surface area contributed by atoms with Gasteiger partial charge in [-0.25, -0.2) is 8.42 Å². The van der Waals surface area contributed by atoms with Gasteiger partial charge in [0, 0.05) is 30.9 Å². The van der Waals surface area contributed by atoms with E-state index < -0.39 is 15.9 Å². The molecule has 32 heavy (non-hydrogen) atoms. The fourth-order valence-corrected chi connectivity index (χ4v) is 5.73. The van der Waals surface area contributed by atoms with E-state index in [1.54, 1.807) is 43.5 Å². The number of nitrogens with one attached hydrogen (secondary N) is 2. The Balaban J connectivity index is 1.47. The first-order valence-electron chi connectivity index (χ1n) is 10.7. The molecule has 2 aromatic carbocycles. The number of amides is 2. The summed E-state index contributed by atoms with van der Waals surface area (Å²) >= 11 is 0. The number of aryl methyl sites for hydroxylation is 1. The fraction of sp³-hybridized carbons (Fsp3) is 0.391. The molecule has 2 aromatic rings. The topological polar surface area (TPSA) is 105 Å². The van der Waals surface area contributed by atoms with Crippen LogP contribution < -0.4 is 15.4 Å². The number of benzene rings is 2. The molecule has 8 nitrogen and oxygen atoms in total. The minimum absolute atomic E-state index is 0.0545. The number of hydrogen-bond acceptors (Lipinski definition) is 5. The van der Waals surface area contributed by atoms with Crippen molar-refractivity contribution < 1.29 is 22.7 Å². The van der Waals surface area contributed by atoms with Gasteiger partial charge in [-0.05, 0) is 73.7 Å². The third-order valence-corrected chi connectivity index (χ3v) is 7.81. The molecule has 0 spiro atoms. The van der Waals surface area contributed by atoms with Gasteiger partial charge in [-0.3, -0.25) is 9.59 Å². The van der Waals surface area contributed by atoms with Crippen molar-refractivity contribution in [2.75, 3.05) is 30.8 Å². The van der Waals surface area contributed by atoms with Crippen molar-refractivity contribution in [1.82, 2.24) is 4.31 Å². The Morgan fingerprint density at radius 2 is 1.91 bits per heavy atom. The monoisotopic (exact) mass is 457 g/mol. The van der Waals surface area contributed by atoms with Crippen molar-refractivity contribution in [3.8, 4) is 5.75 Å². The number of piperidine rings is 1. The number of rotatable bonds is 5. The lowest BCUT2D eigenvalue weighted by Gasteiger charge is -2.31. The van der Waals surface area contributed by atoms with Gasteiger partial charge in [-0.15, -0.1) is 0 Å². The number of carbonyl (C=O) groups excluding carboxylic acids is 2. The fourth-order valence-electron chi connectivity index (χ4n) is 4.15. The first-order chi connectivity index (χ1) is 15.4. The van der Waals surface area contributed by atoms with Gasteiger partial charge in [0.2, 0.25) is 21.8 Å². The highest BCUT2D eigenvalue weighted by Gasteiger charge is 2.33. The molecule has 0 aromatic heterocycles. The van der Waals surface area contributed by atoms with E-state index in [1.807, 2.05) is 0 Å². The van der Waals surface area contributed by atoms with Crippen molar-refractivity contribution in [3.63, 3.8) is 0 Å². The molecule has 9 heteroatoms. The molecule has 2 heterocycles. The number of nitrogens with zero attached hydrogens (tertiary/aromatic N) is 1. The highest BCUT2D eigenvalue weighted by molar-refractivity contribution is 7.89. The highest BCUT2D eigenvalue weighted by atomic mass is 32.2. The zero-order chi connectivity index (χ0) is 22.7. The molecular formula is C23H27N3O5S. The van der Waals surface area contributed by atoms with E-state index in [-0.39, 0.29) is 23.3 Å². The van der Waals surface area contributed by atoms with Crippen LogP contribution in [0.5, 0.6) is 5.75 Å². The molecule has 1 saturated heterocycles. The van der Waals surface area contributed by atoms with E-state index in [9.17, 15) is 18.0 Å². The number of fused-ring (bicyclic) bond motifs is 1. The zero-order valence-corrected chi connectivity index (χ0v) is 18.8. The van der Waals surface area contributed by atoms with Gasteiger partial charge in [0.15, 0.2) is 0 Å². The lowest BCUT2D eigenvalue weighted by Crippen LogP contribution is -2.43. The molecule has 2 aliphatic heterocycles. The van der Waals surface area contributed by atoms with E-state index in [0.29, 0.717) is 55.8 Å². The molecule has 170 valence electrons. The summed E-state index contributed by atoms with van der Waals surface area (Å²) in [6, 6.07) is 11.9. The van der Waals surface area contributed by atoms with Crippen LogP contribution in [0.25, 0.3) is 0 Å². The number of methoxy groups -OCH3 is 1. The molecule has 1 atom stereocenters. The summed E-state index contributed by atoms with van der Waals surface area (Å²) in [7, 11) is -2.17. The Morgan fingerprint density at radius 1 is 1.12 bits per heavy atom. The molecule has 2 amide bonds. The Kier molecular flexibility index (Phi) is 6.48. The maximum Gasteiger partial charge on any atom is 0.243 e. The molecule has 0 unspecified atom stereocenters. The number of carbonyl (C=O) groups is 2. The van der Waals surface area contributed by atoms with E-state index in [2.05, 4.69) is 10.6 Å². The van der Waals surface area contributed by atoms with Crippen LogP contribution in [-0.4, -0.2) is 44.7 Å². The summed E-state index contributed by atoms with van der Waals surface area (Å²) < 4.78 is 33.1. The van der Waals surface area contributed by atoms with Crippen molar-refractivity contribution in [2.24, 2.45) is 5.92 Å². The molecule has 1 fully saturated rings. The minimum Gasteiger partial charge on any atom is -0.497 e. The van der Waals surface area contributed by atoms with Crippen LogP contribution in [0.2, 0.25) is 0 Å². The van der Waals surface area contributed by atoms with Gasteiger partial charge in [0.05, 0.1) is 17.9 Å². The average molecular weight is 458 g/mol. The van der Waals surface area contributed by atoms with Crippen LogP contribution in [0.3, 0.4) is 0 Å². The summed E-state index contributed by atoms with van der Waals surface area (Å²) in [6.45, 7) is 0.514. The predicted molar refractivity (Wildman–Crippen MR) is 121 cm³/mol. The van der Waals surface area contributed by atoms with Crippen LogP contribution in [0.1, 0.15) is 31.2 Å². The summed E-state index contributed by atoms with van der Waals surface area (Å²) in [4.78, 5) is 24.7. The molecule has 0 bridgehead atoms. The van der Waals surface area contributed by atoms with E-state index >= 15 is 0 Å². The summed E-state index contributed by atoms with van der Waals surface area (Å²) in [5.74, 6) is 0.0137. The number of sulfonamides is 1. The van der Waals surface area contributed by atoms with Crippen LogP contribution in [0.4, 0.5) is 11.4 Å². The Labute approximate surface area is 188 Å². The second-order valence-electron chi connectivity index (χ2n) is 8.14. The number of hydrogen-bond donors (Lipinski definition) is 2. The molecule has 0 radical (unpaired) electrons. The first-order valence-corrected chi connectivity index (χ1v) is 12.2. The quantitative estimate of drug-likeness (QED) is 0.718. The average Bonchev–Trinajstić information content (AvgIpc) is 2.99. The highest BCUT2D eigenvalue weighted by Crippen LogP contribution is 2.29. The van der Waals surface area contributed by atoms with Gasteiger partial charge in [-0.1, -0.05) is 0 Å². The van der Waals surface area contributed by atoms with E-state index in [0.717, 1.165) is 5.56 Å². The van der Waals surface area contributed by atoms with Crippen LogP contribution in [-0.2, 0) is 26.0 Å². The van der Waals surface area contributed by atoms with Crippen LogP contribution in [0, 0.1) is 5.92 Å². The lowest BCUT2D eigenvalue weighted by molar-refractivity contribution is -0.121. The van der Waals surface area contributed by atoms with E-state index in [1.165, 1.54) is 10.4 Å². The first kappa shape index (κ1) is 22.3. The van der Waals surface area contributed by atoms with Crippen LogP contribution in [0.15, 0.2) is 47.4 Å². The number of anilines is 2. The molecule has 0 aliphatic carbocycles. The third kappa shape index (κ3) is 4.78. The van der Waals surface area contributed by atoms with Crippen molar-refractivity contribution in [1.29, 1.82) is 0 Å². The standard InChI is InChI=1S/C23H27N3O5S/c1-31-19-9-7-18(8-10-19)24-23(28)17-5-3-13-26(15-17)32(29,30)20-11-12-21-16(14-20)4-2-6-22(27)25-21/h7-12,14,17H,2-6,13,15H2,1H3,(H,24,28)(H,25,27)/t17-/m0/s1. The van der Waals surface area contributed by atoms with Gasteiger partial charge in [0.25, 0.3) is 0 Å². The molecule has 2 N–H and O–H groups in total. The molecule has 4 rings (SSSR count). The Morgan fingerprint density at radius 3 is 2.66 bits per heavy atom. The van der Waals surface area contributed by atoms with Gasteiger partial charge in [-0.2, -0.15) is 4.31 Å². The van der Waals surface area contributed by atoms with Crippen molar-refractivity contribution >= 4 is 33.2 Å². The smallest absolute Gasteiger partial charge is 0.243 e. The van der Waals surface area contributed by atoms with Gasteiger partial charge in [0.1, 0.15) is 5.75 Å². The summed E-state index contributed by atoms with van der Waals surface area (Å²) in [5, 5.41) is 5.70. The second-order valence-corrected chi connectivity index (χ2v) is 10.1. The third-order valence-electron chi connectivity index (χ3n) is 5.95. The Hall–Kier alpha value is -2.91. The SMILES string of the molecule is COc1ccc(NC(=O)[C@H]2CCCN(S(=O)(=O)c3ccc4c(c3)CCCC(=O)N4)C2)cc1. The second kappa shape index (κ2) is 9.30.